The van der Waals surface area contributed by atoms with Crippen LogP contribution in [0.15, 0.2) is 53.0 Å². The van der Waals surface area contributed by atoms with Crippen LogP contribution >= 0.6 is 15.9 Å². The van der Waals surface area contributed by atoms with Crippen molar-refractivity contribution in [2.75, 3.05) is 18.9 Å². The molecule has 6 nitrogen and oxygen atoms in total. The van der Waals surface area contributed by atoms with Crippen molar-refractivity contribution in [2.45, 2.75) is 0 Å². The summed E-state index contributed by atoms with van der Waals surface area (Å²) in [4.78, 5) is 35.8. The first-order valence-electron chi connectivity index (χ1n) is 7.16. The average Bonchev–Trinajstić information content (AvgIpc) is 2.60. The maximum Gasteiger partial charge on any atom is 0.256 e. The summed E-state index contributed by atoms with van der Waals surface area (Å²) >= 11 is 3.32. The molecule has 0 fully saturated rings. The lowest BCUT2D eigenvalue weighted by atomic mass is 10.1. The molecule has 0 unspecified atom stereocenters. The lowest BCUT2D eigenvalue weighted by Crippen LogP contribution is -2.35. The van der Waals surface area contributed by atoms with Crippen molar-refractivity contribution in [3.8, 4) is 0 Å². The van der Waals surface area contributed by atoms with Gasteiger partial charge in [0.15, 0.2) is 0 Å². The Morgan fingerprint density at radius 3 is 2.21 bits per heavy atom. The number of benzene rings is 2. The first kappa shape index (κ1) is 17.7. The van der Waals surface area contributed by atoms with E-state index in [0.717, 1.165) is 0 Å². The number of amides is 3. The molecule has 0 heterocycles. The number of nitrogens with one attached hydrogen (secondary N) is 3. The quantitative estimate of drug-likeness (QED) is 0.732. The number of halogens is 1. The number of carbonyl (C=O) groups is 3. The van der Waals surface area contributed by atoms with Crippen molar-refractivity contribution in [3.63, 3.8) is 0 Å². The number of hydrogen-bond donors (Lipinski definition) is 3. The third kappa shape index (κ3) is 4.42. The molecule has 2 aromatic carbocycles. The van der Waals surface area contributed by atoms with Crippen molar-refractivity contribution in [2.24, 2.45) is 0 Å². The third-order valence-corrected chi connectivity index (χ3v) is 3.92. The van der Waals surface area contributed by atoms with Crippen LogP contribution in [0.1, 0.15) is 20.7 Å². The predicted octanol–water partition coefficient (Wildman–Crippen LogP) is 2.18. The first-order valence-corrected chi connectivity index (χ1v) is 7.96. The van der Waals surface area contributed by atoms with Crippen molar-refractivity contribution >= 4 is 39.3 Å². The van der Waals surface area contributed by atoms with Crippen molar-refractivity contribution in [1.82, 2.24) is 10.6 Å². The molecular formula is C17H16BrN3O3. The van der Waals surface area contributed by atoms with Gasteiger partial charge in [-0.15, -0.1) is 0 Å². The maximum atomic E-state index is 12.4. The molecule has 0 aliphatic heterocycles. The zero-order chi connectivity index (χ0) is 17.5. The molecule has 7 heteroatoms. The van der Waals surface area contributed by atoms with Gasteiger partial charge in [-0.05, 0) is 40.2 Å². The monoisotopic (exact) mass is 389 g/mol. The first-order chi connectivity index (χ1) is 11.5. The minimum absolute atomic E-state index is 0.137. The Hall–Kier alpha value is -2.67. The van der Waals surface area contributed by atoms with E-state index in [1.807, 2.05) is 0 Å². The number of hydrogen-bond acceptors (Lipinski definition) is 3. The smallest absolute Gasteiger partial charge is 0.256 e. The highest BCUT2D eigenvalue weighted by atomic mass is 79.9. The Morgan fingerprint density at radius 1 is 0.917 bits per heavy atom. The van der Waals surface area contributed by atoms with Crippen molar-refractivity contribution in [3.05, 3.63) is 64.1 Å². The summed E-state index contributed by atoms with van der Waals surface area (Å²) < 4.78 is 0.657. The standard InChI is InChI=1S/C17H16BrN3O3/c1-19-15(22)10-20-16(23)12-7-3-5-9-14(12)21-17(24)11-6-2-4-8-13(11)18/h2-9H,10H2,1H3,(H,19,22)(H,20,23)(H,21,24). The summed E-state index contributed by atoms with van der Waals surface area (Å²) in [6, 6.07) is 13.6. The van der Waals surface area contributed by atoms with Crippen molar-refractivity contribution < 1.29 is 14.4 Å². The molecule has 2 rings (SSSR count). The van der Waals surface area contributed by atoms with E-state index in [1.54, 1.807) is 48.5 Å². The summed E-state index contributed by atoms with van der Waals surface area (Å²) in [5, 5.41) is 7.64. The molecule has 3 amide bonds. The van der Waals surface area contributed by atoms with Crippen LogP contribution in [0.2, 0.25) is 0 Å². The van der Waals surface area contributed by atoms with Gasteiger partial charge in [0.2, 0.25) is 5.91 Å². The molecule has 2 aromatic rings. The second kappa shape index (κ2) is 8.26. The van der Waals surface area contributed by atoms with Gasteiger partial charge in [0.05, 0.1) is 23.4 Å². The van der Waals surface area contributed by atoms with Crippen LogP contribution in [0.5, 0.6) is 0 Å². The molecule has 0 aliphatic carbocycles. The second-order valence-electron chi connectivity index (χ2n) is 4.84. The van der Waals surface area contributed by atoms with Gasteiger partial charge in [0.1, 0.15) is 0 Å². The Balaban J connectivity index is 2.17. The van der Waals surface area contributed by atoms with Crippen LogP contribution in [0.3, 0.4) is 0 Å². The van der Waals surface area contributed by atoms with Crippen LogP contribution in [0.4, 0.5) is 5.69 Å². The maximum absolute atomic E-state index is 12.4. The SMILES string of the molecule is CNC(=O)CNC(=O)c1ccccc1NC(=O)c1ccccc1Br. The van der Waals surface area contributed by atoms with Gasteiger partial charge < -0.3 is 16.0 Å². The second-order valence-corrected chi connectivity index (χ2v) is 5.69. The normalized spacial score (nSPS) is 9.92. The van der Waals surface area contributed by atoms with E-state index < -0.39 is 5.91 Å². The summed E-state index contributed by atoms with van der Waals surface area (Å²) in [7, 11) is 1.49. The molecule has 124 valence electrons. The molecule has 0 bridgehead atoms. The van der Waals surface area contributed by atoms with Gasteiger partial charge >= 0.3 is 0 Å². The fourth-order valence-electron chi connectivity index (χ4n) is 1.97. The summed E-state index contributed by atoms with van der Waals surface area (Å²) in [5.41, 5.74) is 1.10. The largest absolute Gasteiger partial charge is 0.358 e. The summed E-state index contributed by atoms with van der Waals surface area (Å²) in [6.45, 7) is -0.137. The molecule has 3 N–H and O–H groups in total. The highest BCUT2D eigenvalue weighted by Crippen LogP contribution is 2.20. The van der Waals surface area contributed by atoms with Gasteiger partial charge in [0, 0.05) is 11.5 Å². The van der Waals surface area contributed by atoms with E-state index in [0.29, 0.717) is 15.7 Å². The van der Waals surface area contributed by atoms with Crippen LogP contribution < -0.4 is 16.0 Å². The Bertz CT molecular complexity index is 777. The molecule has 0 saturated carbocycles. The number of para-hydroxylation sites is 1. The third-order valence-electron chi connectivity index (χ3n) is 3.23. The number of rotatable bonds is 5. The van der Waals surface area contributed by atoms with E-state index in [9.17, 15) is 14.4 Å². The van der Waals surface area contributed by atoms with Crippen LogP contribution in [-0.4, -0.2) is 31.3 Å². The lowest BCUT2D eigenvalue weighted by Gasteiger charge is -2.12. The van der Waals surface area contributed by atoms with Gasteiger partial charge in [-0.3, -0.25) is 14.4 Å². The minimum atomic E-state index is -0.443. The van der Waals surface area contributed by atoms with Gasteiger partial charge in [-0.2, -0.15) is 0 Å². The molecular weight excluding hydrogens is 374 g/mol. The molecule has 0 spiro atoms. The highest BCUT2D eigenvalue weighted by molar-refractivity contribution is 9.10. The topological polar surface area (TPSA) is 87.3 Å². The van der Waals surface area contributed by atoms with Crippen LogP contribution in [0.25, 0.3) is 0 Å². The van der Waals surface area contributed by atoms with Crippen LogP contribution in [0, 0.1) is 0 Å². The van der Waals surface area contributed by atoms with Crippen LogP contribution in [-0.2, 0) is 4.79 Å². The molecule has 0 atom stereocenters. The fraction of sp³-hybridized carbons (Fsp3) is 0.118. The van der Waals surface area contributed by atoms with E-state index in [1.165, 1.54) is 7.05 Å². The van der Waals surface area contributed by atoms with E-state index >= 15 is 0 Å². The Morgan fingerprint density at radius 2 is 1.54 bits per heavy atom. The summed E-state index contributed by atoms with van der Waals surface area (Å²) in [6.07, 6.45) is 0. The lowest BCUT2D eigenvalue weighted by molar-refractivity contribution is -0.119. The zero-order valence-corrected chi connectivity index (χ0v) is 14.5. The van der Waals surface area contributed by atoms with E-state index in [-0.39, 0.29) is 23.9 Å². The molecule has 24 heavy (non-hydrogen) atoms. The Kier molecular flexibility index (Phi) is 6.08. The average molecular weight is 390 g/mol. The predicted molar refractivity (Wildman–Crippen MR) is 94.9 cm³/mol. The zero-order valence-electron chi connectivity index (χ0n) is 12.9. The minimum Gasteiger partial charge on any atom is -0.358 e. The number of likely N-dealkylation sites (N-methyl/N-ethyl adjacent to an activating group) is 1. The van der Waals surface area contributed by atoms with E-state index in [4.69, 9.17) is 0 Å². The van der Waals surface area contributed by atoms with Gasteiger partial charge in [-0.25, -0.2) is 0 Å². The molecule has 0 aromatic heterocycles. The van der Waals surface area contributed by atoms with Gasteiger partial charge in [0.25, 0.3) is 11.8 Å². The number of carbonyl (C=O) groups excluding carboxylic acids is 3. The number of anilines is 1. The van der Waals surface area contributed by atoms with E-state index in [2.05, 4.69) is 31.9 Å². The molecule has 0 radical (unpaired) electrons. The molecule has 0 saturated heterocycles. The highest BCUT2D eigenvalue weighted by Gasteiger charge is 2.15. The summed E-state index contributed by atoms with van der Waals surface area (Å²) in [5.74, 6) is -1.09. The molecule has 0 aliphatic rings. The Labute approximate surface area is 147 Å². The van der Waals surface area contributed by atoms with Crippen molar-refractivity contribution in [1.29, 1.82) is 0 Å². The fourth-order valence-corrected chi connectivity index (χ4v) is 2.43. The van der Waals surface area contributed by atoms with Gasteiger partial charge in [-0.1, -0.05) is 24.3 Å².